The molecule has 0 unspecified atom stereocenters. The molecule has 4 atom stereocenters. The molecule has 1 saturated heterocycles. The Morgan fingerprint density at radius 3 is 2.55 bits per heavy atom. The molecule has 2 saturated carbocycles. The van der Waals surface area contributed by atoms with Gasteiger partial charge in [0, 0.05) is 17.3 Å². The smallest absolute Gasteiger partial charge is 0.174 e. The van der Waals surface area contributed by atoms with E-state index >= 15 is 0 Å². The number of fused-ring (bicyclic) bond motifs is 2. The third-order valence-corrected chi connectivity index (χ3v) is 6.47. The van der Waals surface area contributed by atoms with Crippen LogP contribution in [0.4, 0.5) is 0 Å². The normalized spacial score (nSPS) is 47.1. The Morgan fingerprint density at radius 1 is 1.20 bits per heavy atom. The van der Waals surface area contributed by atoms with Gasteiger partial charge in [0.15, 0.2) is 5.79 Å². The van der Waals surface area contributed by atoms with Gasteiger partial charge in [0.05, 0.1) is 19.3 Å². The van der Waals surface area contributed by atoms with E-state index in [1.165, 1.54) is 0 Å². The topological polar surface area (TPSA) is 38.7 Å². The first-order valence-electron chi connectivity index (χ1n) is 8.05. The summed E-state index contributed by atoms with van der Waals surface area (Å²) in [5.41, 5.74) is -0.0871. The van der Waals surface area contributed by atoms with Crippen molar-refractivity contribution in [1.29, 1.82) is 0 Å². The van der Waals surface area contributed by atoms with Crippen LogP contribution in [-0.4, -0.2) is 30.2 Å². The lowest BCUT2D eigenvalue weighted by atomic mass is 9.47. The fourth-order valence-electron chi connectivity index (χ4n) is 5.35. The second-order valence-corrected chi connectivity index (χ2v) is 7.37. The van der Waals surface area contributed by atoms with Crippen LogP contribution in [0.2, 0.25) is 0 Å². The molecule has 1 N–H and O–H groups in total. The van der Waals surface area contributed by atoms with Crippen molar-refractivity contribution >= 4 is 0 Å². The van der Waals surface area contributed by atoms with Gasteiger partial charge in [0.1, 0.15) is 0 Å². The average Bonchev–Trinajstić information content (AvgIpc) is 2.88. The van der Waals surface area contributed by atoms with E-state index in [4.69, 9.17) is 9.47 Å². The maximum atomic E-state index is 10.6. The average molecular weight is 280 g/mol. The van der Waals surface area contributed by atoms with Crippen molar-refractivity contribution in [1.82, 2.24) is 0 Å². The zero-order chi connectivity index (χ0) is 14.4. The van der Waals surface area contributed by atoms with Crippen molar-refractivity contribution in [3.05, 3.63) is 12.7 Å². The Labute approximate surface area is 122 Å². The van der Waals surface area contributed by atoms with Crippen LogP contribution in [0.5, 0.6) is 0 Å². The first-order chi connectivity index (χ1) is 9.48. The minimum atomic E-state index is -0.404. The van der Waals surface area contributed by atoms with Gasteiger partial charge in [-0.25, -0.2) is 0 Å². The van der Waals surface area contributed by atoms with Crippen molar-refractivity contribution in [2.75, 3.05) is 13.2 Å². The van der Waals surface area contributed by atoms with E-state index in [1.54, 1.807) is 0 Å². The molecule has 0 aromatic rings. The molecule has 0 amide bonds. The minimum absolute atomic E-state index is 0.0126. The van der Waals surface area contributed by atoms with Crippen LogP contribution in [0.15, 0.2) is 12.7 Å². The van der Waals surface area contributed by atoms with E-state index in [9.17, 15) is 5.11 Å². The van der Waals surface area contributed by atoms with E-state index in [-0.39, 0.29) is 16.9 Å². The summed E-state index contributed by atoms with van der Waals surface area (Å²) in [6, 6.07) is 0. The van der Waals surface area contributed by atoms with E-state index in [0.717, 1.165) is 38.5 Å². The van der Waals surface area contributed by atoms with Crippen molar-refractivity contribution in [3.63, 3.8) is 0 Å². The number of aliphatic hydroxyl groups is 1. The van der Waals surface area contributed by atoms with Gasteiger partial charge in [-0.3, -0.25) is 0 Å². The second kappa shape index (κ2) is 4.82. The summed E-state index contributed by atoms with van der Waals surface area (Å²) in [7, 11) is 0. The number of rotatable bonds is 2. The Hall–Kier alpha value is -0.380. The van der Waals surface area contributed by atoms with Gasteiger partial charge in [-0.1, -0.05) is 19.9 Å². The highest BCUT2D eigenvalue weighted by atomic mass is 16.7. The molecule has 1 aliphatic heterocycles. The third-order valence-electron chi connectivity index (χ3n) is 6.47. The monoisotopic (exact) mass is 280 g/mol. The highest BCUT2D eigenvalue weighted by Crippen LogP contribution is 2.64. The van der Waals surface area contributed by atoms with E-state index in [2.05, 4.69) is 20.4 Å². The van der Waals surface area contributed by atoms with Crippen molar-refractivity contribution in [2.24, 2.45) is 16.7 Å². The zero-order valence-electron chi connectivity index (χ0n) is 12.9. The Morgan fingerprint density at radius 2 is 1.90 bits per heavy atom. The molecule has 1 heterocycles. The zero-order valence-corrected chi connectivity index (χ0v) is 12.9. The third kappa shape index (κ3) is 1.76. The summed E-state index contributed by atoms with van der Waals surface area (Å²) < 4.78 is 12.3. The van der Waals surface area contributed by atoms with Crippen LogP contribution in [0.1, 0.15) is 52.4 Å². The summed E-state index contributed by atoms with van der Waals surface area (Å²) in [6.07, 6.45) is 7.70. The summed E-state index contributed by atoms with van der Waals surface area (Å²) in [5.74, 6) is 0.0296. The number of hydrogen-bond acceptors (Lipinski definition) is 3. The van der Waals surface area contributed by atoms with E-state index < -0.39 is 5.79 Å². The van der Waals surface area contributed by atoms with Gasteiger partial charge in [-0.15, -0.1) is 6.58 Å². The van der Waals surface area contributed by atoms with Crippen LogP contribution >= 0.6 is 0 Å². The van der Waals surface area contributed by atoms with Gasteiger partial charge in [0.2, 0.25) is 0 Å². The van der Waals surface area contributed by atoms with Crippen molar-refractivity contribution in [3.8, 4) is 0 Å². The second-order valence-electron chi connectivity index (χ2n) is 7.37. The van der Waals surface area contributed by atoms with Crippen molar-refractivity contribution in [2.45, 2.75) is 64.3 Å². The molecule has 0 radical (unpaired) electrons. The standard InChI is InChI=1S/C17H28O3/c1-4-8-15(2)13-6-5-9-17(19-11-12-20-17)16(13,3)10-7-14(15)18/h4,13-14,18H,1,5-12H2,2-3H3/t13-,14-,15+,16+/m1/s1. The van der Waals surface area contributed by atoms with Crippen molar-refractivity contribution < 1.29 is 14.6 Å². The molecule has 2 aliphatic carbocycles. The maximum Gasteiger partial charge on any atom is 0.174 e. The van der Waals surface area contributed by atoms with Gasteiger partial charge < -0.3 is 14.6 Å². The summed E-state index contributed by atoms with van der Waals surface area (Å²) >= 11 is 0. The number of hydrogen-bond donors (Lipinski definition) is 1. The summed E-state index contributed by atoms with van der Waals surface area (Å²) in [5, 5.41) is 10.6. The Balaban J connectivity index is 2.00. The molecule has 1 spiro atoms. The molecule has 0 aromatic heterocycles. The number of allylic oxidation sites excluding steroid dienone is 1. The van der Waals surface area contributed by atoms with Crippen LogP contribution < -0.4 is 0 Å². The van der Waals surface area contributed by atoms with Gasteiger partial charge in [0.25, 0.3) is 0 Å². The molecular formula is C17H28O3. The number of ether oxygens (including phenoxy) is 2. The fraction of sp³-hybridized carbons (Fsp3) is 0.882. The van der Waals surface area contributed by atoms with Gasteiger partial charge >= 0.3 is 0 Å². The summed E-state index contributed by atoms with van der Waals surface area (Å²) in [4.78, 5) is 0. The molecule has 3 rings (SSSR count). The first-order valence-corrected chi connectivity index (χ1v) is 8.05. The Bertz CT molecular complexity index is 388. The quantitative estimate of drug-likeness (QED) is 0.789. The van der Waals surface area contributed by atoms with Crippen LogP contribution in [0.25, 0.3) is 0 Å². The molecule has 3 fully saturated rings. The maximum absolute atomic E-state index is 10.6. The summed E-state index contributed by atoms with van der Waals surface area (Å²) in [6.45, 7) is 9.89. The lowest BCUT2D eigenvalue weighted by Gasteiger charge is -2.62. The molecule has 114 valence electrons. The van der Waals surface area contributed by atoms with Gasteiger partial charge in [-0.05, 0) is 38.0 Å². The molecular weight excluding hydrogens is 252 g/mol. The SMILES string of the molecule is C=CC[C@]1(C)[C@H](O)CC[C@@]2(C)[C@@H]1CCCC21OCCO1. The van der Waals surface area contributed by atoms with Crippen LogP contribution in [0.3, 0.4) is 0 Å². The predicted octanol–water partition coefficient (Wildman–Crippen LogP) is 3.27. The number of aliphatic hydroxyl groups excluding tert-OH is 1. The molecule has 0 aromatic carbocycles. The molecule has 0 bridgehead atoms. The van der Waals surface area contributed by atoms with E-state index in [0.29, 0.717) is 19.1 Å². The van der Waals surface area contributed by atoms with Crippen LogP contribution in [0, 0.1) is 16.7 Å². The largest absolute Gasteiger partial charge is 0.393 e. The molecule has 3 heteroatoms. The fourth-order valence-corrected chi connectivity index (χ4v) is 5.35. The molecule has 3 aliphatic rings. The minimum Gasteiger partial charge on any atom is -0.393 e. The predicted molar refractivity (Wildman–Crippen MR) is 78.2 cm³/mol. The molecule has 20 heavy (non-hydrogen) atoms. The lowest BCUT2D eigenvalue weighted by Crippen LogP contribution is -2.63. The Kier molecular flexibility index (Phi) is 3.51. The highest BCUT2D eigenvalue weighted by Gasteiger charge is 2.64. The molecule has 3 nitrogen and oxygen atoms in total. The van der Waals surface area contributed by atoms with Gasteiger partial charge in [-0.2, -0.15) is 0 Å². The highest BCUT2D eigenvalue weighted by molar-refractivity contribution is 5.11. The van der Waals surface area contributed by atoms with E-state index in [1.807, 2.05) is 6.08 Å². The van der Waals surface area contributed by atoms with Crippen LogP contribution in [-0.2, 0) is 9.47 Å². The first kappa shape index (κ1) is 14.6. The lowest BCUT2D eigenvalue weighted by molar-refractivity contribution is -0.301.